The zero-order chi connectivity index (χ0) is 15.1. The van der Waals surface area contributed by atoms with E-state index in [0.717, 1.165) is 37.5 Å². The minimum atomic E-state index is -0.711. The maximum atomic E-state index is 10.6. The van der Waals surface area contributed by atoms with Gasteiger partial charge in [0.25, 0.3) is 0 Å². The van der Waals surface area contributed by atoms with Crippen molar-refractivity contribution in [1.29, 1.82) is 0 Å². The molecule has 4 heteroatoms. The molecule has 0 spiro atoms. The van der Waals surface area contributed by atoms with E-state index in [4.69, 9.17) is 10.5 Å². The molecular weight excluding hydrogens is 266 g/mol. The van der Waals surface area contributed by atoms with Crippen LogP contribution in [0.3, 0.4) is 0 Å². The van der Waals surface area contributed by atoms with Crippen LogP contribution < -0.4 is 10.5 Å². The lowest BCUT2D eigenvalue weighted by molar-refractivity contribution is -0.108. The van der Waals surface area contributed by atoms with Crippen molar-refractivity contribution in [1.82, 2.24) is 0 Å². The second-order valence-corrected chi connectivity index (χ2v) is 6.01. The first-order chi connectivity index (χ1) is 10.1. The van der Waals surface area contributed by atoms with Crippen molar-refractivity contribution >= 4 is 6.29 Å². The molecule has 1 saturated carbocycles. The summed E-state index contributed by atoms with van der Waals surface area (Å²) in [7, 11) is 0. The zero-order valence-electron chi connectivity index (χ0n) is 12.5. The first-order valence-corrected chi connectivity index (χ1v) is 7.77. The van der Waals surface area contributed by atoms with Crippen LogP contribution in [0.5, 0.6) is 5.75 Å². The third-order valence-electron chi connectivity index (χ3n) is 4.18. The number of hydrogen-bond acceptors (Lipinski definition) is 4. The first kappa shape index (κ1) is 16.0. The highest BCUT2D eigenvalue weighted by Gasteiger charge is 2.28. The van der Waals surface area contributed by atoms with Crippen molar-refractivity contribution in [3.63, 3.8) is 0 Å². The van der Waals surface area contributed by atoms with Gasteiger partial charge in [-0.15, -0.1) is 0 Å². The largest absolute Gasteiger partial charge is 0.491 e. The molecule has 1 aliphatic carbocycles. The zero-order valence-corrected chi connectivity index (χ0v) is 12.5. The van der Waals surface area contributed by atoms with E-state index in [-0.39, 0.29) is 6.04 Å². The van der Waals surface area contributed by atoms with Crippen LogP contribution >= 0.6 is 0 Å². The molecule has 0 saturated heterocycles. The molecule has 1 aliphatic rings. The van der Waals surface area contributed by atoms with Crippen molar-refractivity contribution < 1.29 is 14.6 Å². The molecule has 0 radical (unpaired) electrons. The molecular formula is C17H25NO3. The Morgan fingerprint density at radius 2 is 2.00 bits per heavy atom. The van der Waals surface area contributed by atoms with Gasteiger partial charge in [-0.05, 0) is 30.5 Å². The SMILES string of the molecule is NC(CC=O)c1cccc(OCC2(O)CCCCCC2)c1. The lowest BCUT2D eigenvalue weighted by Gasteiger charge is -2.26. The molecule has 3 N–H and O–H groups in total. The number of aliphatic hydroxyl groups is 1. The summed E-state index contributed by atoms with van der Waals surface area (Å²) in [5.41, 5.74) is 6.09. The second kappa shape index (κ2) is 7.57. The molecule has 116 valence electrons. The van der Waals surface area contributed by atoms with Crippen LogP contribution in [0.2, 0.25) is 0 Å². The number of carbonyl (C=O) groups is 1. The van der Waals surface area contributed by atoms with Gasteiger partial charge in [0.2, 0.25) is 0 Å². The monoisotopic (exact) mass is 291 g/mol. The molecule has 1 atom stereocenters. The van der Waals surface area contributed by atoms with Gasteiger partial charge in [0.1, 0.15) is 18.6 Å². The van der Waals surface area contributed by atoms with E-state index >= 15 is 0 Å². The van der Waals surface area contributed by atoms with Crippen LogP contribution in [-0.4, -0.2) is 23.6 Å². The summed E-state index contributed by atoms with van der Waals surface area (Å²) in [4.78, 5) is 10.5. The van der Waals surface area contributed by atoms with Gasteiger partial charge in [-0.25, -0.2) is 0 Å². The Balaban J connectivity index is 1.96. The summed E-state index contributed by atoms with van der Waals surface area (Å²) in [6.45, 7) is 0.319. The van der Waals surface area contributed by atoms with Crippen LogP contribution in [0.25, 0.3) is 0 Å². The summed E-state index contributed by atoms with van der Waals surface area (Å²) in [5, 5.41) is 10.6. The third kappa shape index (κ3) is 4.83. The minimum Gasteiger partial charge on any atom is -0.491 e. The third-order valence-corrected chi connectivity index (χ3v) is 4.18. The molecule has 21 heavy (non-hydrogen) atoms. The minimum absolute atomic E-state index is 0.299. The van der Waals surface area contributed by atoms with E-state index in [1.54, 1.807) is 0 Å². The lowest BCUT2D eigenvalue weighted by atomic mass is 9.96. The van der Waals surface area contributed by atoms with Crippen LogP contribution in [0, 0.1) is 0 Å². The number of hydrogen-bond donors (Lipinski definition) is 2. The normalized spacial score (nSPS) is 19.5. The predicted octanol–water partition coefficient (Wildman–Crippen LogP) is 2.74. The predicted molar refractivity (Wildman–Crippen MR) is 82.2 cm³/mol. The van der Waals surface area contributed by atoms with Crippen LogP contribution in [0.4, 0.5) is 0 Å². The molecule has 1 unspecified atom stereocenters. The Morgan fingerprint density at radius 1 is 1.29 bits per heavy atom. The van der Waals surface area contributed by atoms with Gasteiger partial charge in [0.05, 0.1) is 5.60 Å². The highest BCUT2D eigenvalue weighted by Crippen LogP contribution is 2.28. The second-order valence-electron chi connectivity index (χ2n) is 6.01. The number of nitrogens with two attached hydrogens (primary N) is 1. The molecule has 2 rings (SSSR count). The fraction of sp³-hybridized carbons (Fsp3) is 0.588. The Hall–Kier alpha value is -1.39. The van der Waals surface area contributed by atoms with Crippen molar-refractivity contribution in [2.45, 2.75) is 56.6 Å². The van der Waals surface area contributed by atoms with E-state index in [0.29, 0.717) is 18.8 Å². The van der Waals surface area contributed by atoms with E-state index < -0.39 is 5.60 Å². The van der Waals surface area contributed by atoms with E-state index in [1.807, 2.05) is 24.3 Å². The van der Waals surface area contributed by atoms with Crippen molar-refractivity contribution in [3.8, 4) is 5.75 Å². The smallest absolute Gasteiger partial charge is 0.121 e. The summed E-state index contributed by atoms with van der Waals surface area (Å²) in [6.07, 6.45) is 7.24. The van der Waals surface area contributed by atoms with Gasteiger partial charge in [-0.3, -0.25) is 0 Å². The van der Waals surface area contributed by atoms with Crippen LogP contribution in [0.1, 0.15) is 56.6 Å². The van der Waals surface area contributed by atoms with Crippen molar-refractivity contribution in [3.05, 3.63) is 29.8 Å². The van der Waals surface area contributed by atoms with E-state index in [9.17, 15) is 9.90 Å². The maximum Gasteiger partial charge on any atom is 0.121 e. The molecule has 1 fully saturated rings. The molecule has 1 aromatic rings. The summed E-state index contributed by atoms with van der Waals surface area (Å²) in [5.74, 6) is 0.700. The van der Waals surface area contributed by atoms with Gasteiger partial charge in [-0.2, -0.15) is 0 Å². The summed E-state index contributed by atoms with van der Waals surface area (Å²) in [6, 6.07) is 7.17. The molecule has 4 nitrogen and oxygen atoms in total. The molecule has 0 aliphatic heterocycles. The number of aldehydes is 1. The van der Waals surface area contributed by atoms with Gasteiger partial charge in [0.15, 0.2) is 0 Å². The Labute approximate surface area is 126 Å². The number of benzene rings is 1. The Morgan fingerprint density at radius 3 is 2.67 bits per heavy atom. The van der Waals surface area contributed by atoms with Crippen molar-refractivity contribution in [2.24, 2.45) is 5.73 Å². The highest BCUT2D eigenvalue weighted by atomic mass is 16.5. The Kier molecular flexibility index (Phi) is 5.76. The molecule has 1 aromatic carbocycles. The summed E-state index contributed by atoms with van der Waals surface area (Å²) < 4.78 is 5.78. The van der Waals surface area contributed by atoms with Gasteiger partial charge >= 0.3 is 0 Å². The number of ether oxygens (including phenoxy) is 1. The average molecular weight is 291 g/mol. The standard InChI is InChI=1S/C17H25NO3/c18-16(8-11-19)14-6-5-7-15(12-14)21-13-17(20)9-3-1-2-4-10-17/h5-7,11-12,16,20H,1-4,8-10,13,18H2. The summed E-state index contributed by atoms with van der Waals surface area (Å²) >= 11 is 0. The average Bonchev–Trinajstić information content (AvgIpc) is 2.71. The maximum absolute atomic E-state index is 10.6. The molecule has 0 heterocycles. The fourth-order valence-electron chi connectivity index (χ4n) is 2.82. The quantitative estimate of drug-likeness (QED) is 0.624. The van der Waals surface area contributed by atoms with Gasteiger partial charge in [-0.1, -0.05) is 37.8 Å². The van der Waals surface area contributed by atoms with Gasteiger partial charge < -0.3 is 20.4 Å². The van der Waals surface area contributed by atoms with Crippen LogP contribution in [0.15, 0.2) is 24.3 Å². The first-order valence-electron chi connectivity index (χ1n) is 7.77. The highest BCUT2D eigenvalue weighted by molar-refractivity contribution is 5.51. The molecule has 0 bridgehead atoms. The topological polar surface area (TPSA) is 72.6 Å². The van der Waals surface area contributed by atoms with Gasteiger partial charge in [0, 0.05) is 12.5 Å². The Bertz CT molecular complexity index is 453. The number of rotatable bonds is 6. The van der Waals surface area contributed by atoms with E-state index in [1.165, 1.54) is 12.8 Å². The lowest BCUT2D eigenvalue weighted by Crippen LogP contribution is -2.35. The fourth-order valence-corrected chi connectivity index (χ4v) is 2.82. The van der Waals surface area contributed by atoms with E-state index in [2.05, 4.69) is 0 Å². The molecule has 0 amide bonds. The van der Waals surface area contributed by atoms with Crippen LogP contribution in [-0.2, 0) is 4.79 Å². The van der Waals surface area contributed by atoms with Crippen molar-refractivity contribution in [2.75, 3.05) is 6.61 Å². The number of carbonyl (C=O) groups excluding carboxylic acids is 1. The molecule has 0 aromatic heterocycles.